The topological polar surface area (TPSA) is 139 Å². The Kier molecular flexibility index (Phi) is 6.66. The molecule has 0 spiro atoms. The Labute approximate surface area is 192 Å². The zero-order valence-electron chi connectivity index (χ0n) is 18.0. The molecule has 0 aliphatic heterocycles. The number of amides is 1. The molecule has 12 heteroatoms. The maximum Gasteiger partial charge on any atom is 0.320 e. The number of aryl methyl sites for hydroxylation is 1. The number of anilines is 3. The SMILES string of the molecule is Cc1nc(OC2CCC(C(=O)O)CC2)ccc1NC(=O)c1nnc(Nc2ccc(F)c(F)c2)o1. The standard InChI is InChI=1S/C22H21F2N5O5/c1-11-17(8-9-18(25-11)33-14-5-2-12(3-6-14)21(31)32)27-19(30)20-28-29-22(34-20)26-13-4-7-15(23)16(24)10-13/h4,7-10,12,14H,2-3,5-6H2,1H3,(H,26,29)(H,27,30)(H,31,32). The fraction of sp³-hybridized carbons (Fsp3) is 0.318. The van der Waals surface area contributed by atoms with Crippen LogP contribution in [0.5, 0.6) is 5.88 Å². The predicted octanol–water partition coefficient (Wildman–Crippen LogP) is 4.07. The molecular formula is C22H21F2N5O5. The van der Waals surface area contributed by atoms with Crippen LogP contribution in [0.15, 0.2) is 34.7 Å². The molecule has 1 aromatic carbocycles. The zero-order chi connectivity index (χ0) is 24.2. The Morgan fingerprint density at radius 3 is 2.53 bits per heavy atom. The van der Waals surface area contributed by atoms with E-state index >= 15 is 0 Å². The third-order valence-corrected chi connectivity index (χ3v) is 5.41. The summed E-state index contributed by atoms with van der Waals surface area (Å²) < 4.78 is 37.4. The summed E-state index contributed by atoms with van der Waals surface area (Å²) in [5, 5.41) is 21.6. The highest BCUT2D eigenvalue weighted by atomic mass is 19.2. The minimum absolute atomic E-state index is 0.109. The molecule has 3 N–H and O–H groups in total. The van der Waals surface area contributed by atoms with Crippen LogP contribution >= 0.6 is 0 Å². The number of nitrogens with zero attached hydrogens (tertiary/aromatic N) is 3. The number of benzene rings is 1. The molecule has 2 aromatic heterocycles. The Balaban J connectivity index is 1.34. The number of aliphatic carboxylic acids is 1. The summed E-state index contributed by atoms with van der Waals surface area (Å²) in [5.41, 5.74) is 1.06. The highest BCUT2D eigenvalue weighted by Gasteiger charge is 2.27. The van der Waals surface area contributed by atoms with E-state index in [1.165, 1.54) is 6.07 Å². The van der Waals surface area contributed by atoms with Gasteiger partial charge in [-0.1, -0.05) is 5.10 Å². The van der Waals surface area contributed by atoms with E-state index in [4.69, 9.17) is 14.3 Å². The quantitative estimate of drug-likeness (QED) is 0.463. The van der Waals surface area contributed by atoms with Gasteiger partial charge in [0.15, 0.2) is 11.6 Å². The van der Waals surface area contributed by atoms with Crippen LogP contribution in [0.2, 0.25) is 0 Å². The van der Waals surface area contributed by atoms with Crippen molar-refractivity contribution >= 4 is 29.3 Å². The monoisotopic (exact) mass is 473 g/mol. The van der Waals surface area contributed by atoms with Crippen molar-refractivity contribution in [2.75, 3.05) is 10.6 Å². The van der Waals surface area contributed by atoms with Gasteiger partial charge >= 0.3 is 23.8 Å². The number of aromatic nitrogens is 3. The number of carbonyl (C=O) groups excluding carboxylic acids is 1. The third kappa shape index (κ3) is 5.45. The molecule has 178 valence electrons. The Hall–Kier alpha value is -4.09. The zero-order valence-corrected chi connectivity index (χ0v) is 18.0. The Bertz CT molecular complexity index is 1210. The second-order valence-corrected chi connectivity index (χ2v) is 7.83. The van der Waals surface area contributed by atoms with E-state index in [9.17, 15) is 18.4 Å². The van der Waals surface area contributed by atoms with E-state index in [1.54, 1.807) is 19.1 Å². The molecule has 0 saturated heterocycles. The van der Waals surface area contributed by atoms with Gasteiger partial charge < -0.3 is 24.9 Å². The molecule has 0 atom stereocenters. The van der Waals surface area contributed by atoms with E-state index in [0.717, 1.165) is 12.1 Å². The number of rotatable bonds is 7. The maximum atomic E-state index is 13.3. The van der Waals surface area contributed by atoms with Crippen molar-refractivity contribution in [2.24, 2.45) is 5.92 Å². The highest BCUT2D eigenvalue weighted by molar-refractivity contribution is 6.01. The molecule has 34 heavy (non-hydrogen) atoms. The van der Waals surface area contributed by atoms with Crippen LogP contribution < -0.4 is 15.4 Å². The third-order valence-electron chi connectivity index (χ3n) is 5.41. The summed E-state index contributed by atoms with van der Waals surface area (Å²) in [7, 11) is 0. The molecule has 0 bridgehead atoms. The van der Waals surface area contributed by atoms with E-state index < -0.39 is 23.5 Å². The van der Waals surface area contributed by atoms with E-state index in [-0.39, 0.29) is 29.6 Å². The molecule has 10 nitrogen and oxygen atoms in total. The van der Waals surface area contributed by atoms with E-state index in [0.29, 0.717) is 42.9 Å². The summed E-state index contributed by atoms with van der Waals surface area (Å²) >= 11 is 0. The first kappa shape index (κ1) is 23.1. The van der Waals surface area contributed by atoms with Crippen LogP contribution in [0, 0.1) is 24.5 Å². The van der Waals surface area contributed by atoms with Crippen LogP contribution in [-0.2, 0) is 4.79 Å². The van der Waals surface area contributed by atoms with Gasteiger partial charge in [-0.05, 0) is 50.8 Å². The van der Waals surface area contributed by atoms with Gasteiger partial charge in [-0.2, -0.15) is 0 Å². The van der Waals surface area contributed by atoms with Crippen molar-refractivity contribution in [2.45, 2.75) is 38.7 Å². The molecule has 0 unspecified atom stereocenters. The predicted molar refractivity (Wildman–Crippen MR) is 115 cm³/mol. The molecule has 1 fully saturated rings. The van der Waals surface area contributed by atoms with Gasteiger partial charge in [0.2, 0.25) is 5.88 Å². The first-order valence-electron chi connectivity index (χ1n) is 10.5. The largest absolute Gasteiger partial charge is 0.481 e. The van der Waals surface area contributed by atoms with Gasteiger partial charge in [0, 0.05) is 17.8 Å². The first-order valence-corrected chi connectivity index (χ1v) is 10.5. The number of carboxylic acid groups (broad SMARTS) is 1. The number of carbonyl (C=O) groups is 2. The van der Waals surface area contributed by atoms with Crippen LogP contribution in [-0.4, -0.2) is 38.3 Å². The summed E-state index contributed by atoms with van der Waals surface area (Å²) in [6, 6.07) is 6.18. The van der Waals surface area contributed by atoms with Crippen molar-refractivity contribution < 1.29 is 32.6 Å². The molecule has 1 aliphatic rings. The van der Waals surface area contributed by atoms with Crippen molar-refractivity contribution in [1.29, 1.82) is 0 Å². The van der Waals surface area contributed by atoms with E-state index in [1.807, 2.05) is 0 Å². The van der Waals surface area contributed by atoms with Gasteiger partial charge in [-0.25, -0.2) is 13.8 Å². The number of carboxylic acids is 1. The second kappa shape index (κ2) is 9.81. The lowest BCUT2D eigenvalue weighted by Gasteiger charge is -2.26. The second-order valence-electron chi connectivity index (χ2n) is 7.83. The summed E-state index contributed by atoms with van der Waals surface area (Å²) in [5.74, 6) is -3.81. The number of pyridine rings is 1. The number of halogens is 2. The van der Waals surface area contributed by atoms with Crippen molar-refractivity contribution in [3.05, 3.63) is 53.6 Å². The average molecular weight is 473 g/mol. The van der Waals surface area contributed by atoms with Gasteiger partial charge in [0.25, 0.3) is 0 Å². The van der Waals surface area contributed by atoms with Crippen LogP contribution in [0.25, 0.3) is 0 Å². The van der Waals surface area contributed by atoms with Gasteiger partial charge in [0.1, 0.15) is 6.10 Å². The van der Waals surface area contributed by atoms with Crippen LogP contribution in [0.1, 0.15) is 42.1 Å². The molecule has 0 radical (unpaired) electrons. The number of hydrogen-bond donors (Lipinski definition) is 3. The summed E-state index contributed by atoms with van der Waals surface area (Å²) in [6.07, 6.45) is 2.28. The number of hydrogen-bond acceptors (Lipinski definition) is 8. The van der Waals surface area contributed by atoms with E-state index in [2.05, 4.69) is 25.8 Å². The average Bonchev–Trinajstić information content (AvgIpc) is 3.27. The normalized spacial score (nSPS) is 17.7. The van der Waals surface area contributed by atoms with Crippen LogP contribution in [0.4, 0.5) is 26.2 Å². The number of nitrogens with one attached hydrogen (secondary N) is 2. The van der Waals surface area contributed by atoms with Crippen molar-refractivity contribution in [1.82, 2.24) is 15.2 Å². The Morgan fingerprint density at radius 2 is 1.85 bits per heavy atom. The minimum Gasteiger partial charge on any atom is -0.481 e. The molecule has 1 aliphatic carbocycles. The lowest BCUT2D eigenvalue weighted by atomic mass is 9.87. The highest BCUT2D eigenvalue weighted by Crippen LogP contribution is 2.28. The van der Waals surface area contributed by atoms with Crippen molar-refractivity contribution in [3.63, 3.8) is 0 Å². The number of ether oxygens (including phenoxy) is 1. The molecule has 2 heterocycles. The molecular weight excluding hydrogens is 452 g/mol. The summed E-state index contributed by atoms with van der Waals surface area (Å²) in [6.45, 7) is 1.69. The van der Waals surface area contributed by atoms with Crippen LogP contribution in [0.3, 0.4) is 0 Å². The first-order chi connectivity index (χ1) is 16.3. The van der Waals surface area contributed by atoms with Gasteiger partial charge in [-0.15, -0.1) is 5.10 Å². The van der Waals surface area contributed by atoms with Crippen molar-refractivity contribution in [3.8, 4) is 5.88 Å². The molecule has 1 amide bonds. The maximum absolute atomic E-state index is 13.3. The smallest absolute Gasteiger partial charge is 0.320 e. The Morgan fingerprint density at radius 1 is 1.09 bits per heavy atom. The lowest BCUT2D eigenvalue weighted by Crippen LogP contribution is -2.28. The fourth-order valence-corrected chi connectivity index (χ4v) is 3.57. The van der Waals surface area contributed by atoms with Gasteiger partial charge in [-0.3, -0.25) is 9.59 Å². The lowest BCUT2D eigenvalue weighted by molar-refractivity contribution is -0.143. The molecule has 1 saturated carbocycles. The fourth-order valence-electron chi connectivity index (χ4n) is 3.57. The minimum atomic E-state index is -1.05. The van der Waals surface area contributed by atoms with Gasteiger partial charge in [0.05, 0.1) is 17.3 Å². The summed E-state index contributed by atoms with van der Waals surface area (Å²) in [4.78, 5) is 27.9. The molecule has 3 aromatic rings. The molecule has 4 rings (SSSR count).